The molecule has 152 valence electrons. The number of benzene rings is 2. The number of nitrogens with zero attached hydrogens (tertiary/aromatic N) is 1. The normalized spacial score (nSPS) is 14.9. The zero-order valence-corrected chi connectivity index (χ0v) is 15.7. The highest BCUT2D eigenvalue weighted by Gasteiger charge is 2.27. The molecule has 30 heavy (non-hydrogen) atoms. The van der Waals surface area contributed by atoms with Crippen molar-refractivity contribution in [3.63, 3.8) is 0 Å². The molecule has 2 aromatic carbocycles. The molecule has 2 heterocycles. The van der Waals surface area contributed by atoms with E-state index in [4.69, 9.17) is 4.74 Å². The molecule has 1 aromatic heterocycles. The molecule has 0 aliphatic carbocycles. The highest BCUT2D eigenvalue weighted by molar-refractivity contribution is 6.06. The number of hydrogen-bond donors (Lipinski definition) is 2. The van der Waals surface area contributed by atoms with Crippen LogP contribution in [0.25, 0.3) is 0 Å². The van der Waals surface area contributed by atoms with Gasteiger partial charge in [-0.25, -0.2) is 8.78 Å². The van der Waals surface area contributed by atoms with Gasteiger partial charge in [-0.15, -0.1) is 0 Å². The predicted octanol–water partition coefficient (Wildman–Crippen LogP) is 3.87. The van der Waals surface area contributed by atoms with Gasteiger partial charge in [0.25, 0.3) is 11.8 Å². The third-order valence-corrected chi connectivity index (χ3v) is 4.72. The molecule has 0 saturated heterocycles. The maximum atomic E-state index is 13.4. The van der Waals surface area contributed by atoms with Gasteiger partial charge in [-0.1, -0.05) is 12.1 Å². The second-order valence-electron chi connectivity index (χ2n) is 6.71. The van der Waals surface area contributed by atoms with Crippen LogP contribution >= 0.6 is 0 Å². The number of nitrogens with one attached hydrogen (secondary N) is 2. The first-order valence-corrected chi connectivity index (χ1v) is 9.26. The van der Waals surface area contributed by atoms with E-state index in [9.17, 15) is 18.4 Å². The summed E-state index contributed by atoms with van der Waals surface area (Å²) in [6.07, 6.45) is 3.59. The SMILES string of the molecule is O=C(N[C@H]1CCOc2c(C(=O)Nc3ccc(F)c(F)c3)cccc21)c1cccnc1. The van der Waals surface area contributed by atoms with E-state index in [-0.39, 0.29) is 23.2 Å². The maximum absolute atomic E-state index is 13.4. The number of para-hydroxylation sites is 1. The number of rotatable bonds is 4. The van der Waals surface area contributed by atoms with Crippen LogP contribution in [0.2, 0.25) is 0 Å². The Balaban J connectivity index is 1.57. The van der Waals surface area contributed by atoms with E-state index in [2.05, 4.69) is 15.6 Å². The molecular formula is C22H17F2N3O3. The van der Waals surface area contributed by atoms with Crippen molar-refractivity contribution in [2.24, 2.45) is 0 Å². The molecule has 1 atom stereocenters. The van der Waals surface area contributed by atoms with Crippen LogP contribution in [0.15, 0.2) is 60.9 Å². The van der Waals surface area contributed by atoms with Crippen LogP contribution in [0.4, 0.5) is 14.5 Å². The zero-order chi connectivity index (χ0) is 21.1. The lowest BCUT2D eigenvalue weighted by Gasteiger charge is -2.28. The summed E-state index contributed by atoms with van der Waals surface area (Å²) < 4.78 is 32.2. The molecule has 6 nitrogen and oxygen atoms in total. The van der Waals surface area contributed by atoms with Crippen molar-refractivity contribution in [2.45, 2.75) is 12.5 Å². The topological polar surface area (TPSA) is 80.3 Å². The molecular weight excluding hydrogens is 392 g/mol. The molecule has 1 aliphatic rings. The Labute approximate surface area is 170 Å². The van der Waals surface area contributed by atoms with E-state index in [1.807, 2.05) is 0 Å². The number of carbonyl (C=O) groups is 2. The first-order chi connectivity index (χ1) is 14.5. The molecule has 4 rings (SSSR count). The van der Waals surface area contributed by atoms with Crippen molar-refractivity contribution in [3.05, 3.63) is 89.2 Å². The van der Waals surface area contributed by atoms with Crippen LogP contribution in [0.5, 0.6) is 5.75 Å². The number of halogens is 2. The summed E-state index contributed by atoms with van der Waals surface area (Å²) in [4.78, 5) is 29.2. The Kier molecular flexibility index (Phi) is 5.38. The van der Waals surface area contributed by atoms with Crippen molar-refractivity contribution in [1.82, 2.24) is 10.3 Å². The van der Waals surface area contributed by atoms with Crippen molar-refractivity contribution in [1.29, 1.82) is 0 Å². The monoisotopic (exact) mass is 409 g/mol. The van der Waals surface area contributed by atoms with E-state index in [1.54, 1.807) is 36.5 Å². The highest BCUT2D eigenvalue weighted by Crippen LogP contribution is 2.35. The van der Waals surface area contributed by atoms with Crippen molar-refractivity contribution >= 4 is 17.5 Å². The summed E-state index contributed by atoms with van der Waals surface area (Å²) in [5, 5.41) is 5.48. The average molecular weight is 409 g/mol. The zero-order valence-electron chi connectivity index (χ0n) is 15.7. The second-order valence-corrected chi connectivity index (χ2v) is 6.71. The summed E-state index contributed by atoms with van der Waals surface area (Å²) >= 11 is 0. The fraction of sp³-hybridized carbons (Fsp3) is 0.136. The Hall–Kier alpha value is -3.81. The van der Waals surface area contributed by atoms with E-state index in [1.165, 1.54) is 12.3 Å². The molecule has 0 fully saturated rings. The number of carbonyl (C=O) groups excluding carboxylic acids is 2. The Morgan fingerprint density at radius 2 is 1.90 bits per heavy atom. The standard InChI is InChI=1S/C22H17F2N3O3/c23-17-7-6-14(11-18(17)24)26-22(29)16-5-1-4-15-19(8-10-30-20(15)16)27-21(28)13-3-2-9-25-12-13/h1-7,9,11-12,19H,8,10H2,(H,26,29)(H,27,28)/t19-/m0/s1. The molecule has 0 unspecified atom stereocenters. The van der Waals surface area contributed by atoms with Gasteiger partial charge in [0, 0.05) is 36.1 Å². The number of hydrogen-bond acceptors (Lipinski definition) is 4. The van der Waals surface area contributed by atoms with Gasteiger partial charge in [-0.3, -0.25) is 14.6 Å². The van der Waals surface area contributed by atoms with Crippen molar-refractivity contribution in [2.75, 3.05) is 11.9 Å². The van der Waals surface area contributed by atoms with Crippen LogP contribution in [-0.4, -0.2) is 23.4 Å². The first-order valence-electron chi connectivity index (χ1n) is 9.26. The van der Waals surface area contributed by atoms with Crippen LogP contribution in [-0.2, 0) is 0 Å². The number of aromatic nitrogens is 1. The van der Waals surface area contributed by atoms with Gasteiger partial charge in [-0.2, -0.15) is 0 Å². The van der Waals surface area contributed by atoms with Crippen LogP contribution in [0, 0.1) is 11.6 Å². The van der Waals surface area contributed by atoms with Crippen LogP contribution in [0.3, 0.4) is 0 Å². The number of ether oxygens (including phenoxy) is 1. The lowest BCUT2D eigenvalue weighted by atomic mass is 9.96. The smallest absolute Gasteiger partial charge is 0.259 e. The minimum atomic E-state index is -1.06. The van der Waals surface area contributed by atoms with Crippen LogP contribution in [0.1, 0.15) is 38.7 Å². The molecule has 0 radical (unpaired) electrons. The second kappa shape index (κ2) is 8.28. The summed E-state index contributed by atoms with van der Waals surface area (Å²) in [6, 6.07) is 11.1. The van der Waals surface area contributed by atoms with E-state index in [0.29, 0.717) is 29.9 Å². The first kappa shape index (κ1) is 19.5. The molecule has 0 spiro atoms. The summed E-state index contributed by atoms with van der Waals surface area (Å²) in [6.45, 7) is 0.306. The quantitative estimate of drug-likeness (QED) is 0.686. The van der Waals surface area contributed by atoms with E-state index >= 15 is 0 Å². The molecule has 2 amide bonds. The minimum absolute atomic E-state index is 0.119. The fourth-order valence-corrected chi connectivity index (χ4v) is 3.26. The third-order valence-electron chi connectivity index (χ3n) is 4.72. The van der Waals surface area contributed by atoms with Gasteiger partial charge < -0.3 is 15.4 Å². The van der Waals surface area contributed by atoms with Gasteiger partial charge in [0.2, 0.25) is 0 Å². The maximum Gasteiger partial charge on any atom is 0.259 e. The van der Waals surface area contributed by atoms with Crippen molar-refractivity contribution in [3.8, 4) is 5.75 Å². The van der Waals surface area contributed by atoms with E-state index in [0.717, 1.165) is 12.1 Å². The lowest BCUT2D eigenvalue weighted by molar-refractivity contribution is 0.0924. The van der Waals surface area contributed by atoms with Crippen molar-refractivity contribution < 1.29 is 23.1 Å². The summed E-state index contributed by atoms with van der Waals surface area (Å²) in [5.41, 5.74) is 1.44. The lowest BCUT2D eigenvalue weighted by Crippen LogP contribution is -2.33. The fourth-order valence-electron chi connectivity index (χ4n) is 3.26. The number of fused-ring (bicyclic) bond motifs is 1. The Morgan fingerprint density at radius 3 is 2.67 bits per heavy atom. The average Bonchev–Trinajstić information content (AvgIpc) is 2.76. The molecule has 1 aliphatic heterocycles. The van der Waals surface area contributed by atoms with Gasteiger partial charge in [0.15, 0.2) is 11.6 Å². The molecule has 0 bridgehead atoms. The van der Waals surface area contributed by atoms with Gasteiger partial charge in [0.1, 0.15) is 5.75 Å². The minimum Gasteiger partial charge on any atom is -0.492 e. The predicted molar refractivity (Wildman–Crippen MR) is 105 cm³/mol. The molecule has 8 heteroatoms. The molecule has 2 N–H and O–H groups in total. The van der Waals surface area contributed by atoms with Gasteiger partial charge in [-0.05, 0) is 30.3 Å². The largest absolute Gasteiger partial charge is 0.492 e. The van der Waals surface area contributed by atoms with Gasteiger partial charge >= 0.3 is 0 Å². The summed E-state index contributed by atoms with van der Waals surface area (Å²) in [5.74, 6) is -2.52. The Bertz CT molecular complexity index is 1110. The highest BCUT2D eigenvalue weighted by atomic mass is 19.2. The number of pyridine rings is 1. The summed E-state index contributed by atoms with van der Waals surface area (Å²) in [7, 11) is 0. The third kappa shape index (κ3) is 3.98. The number of anilines is 1. The molecule has 0 saturated carbocycles. The van der Waals surface area contributed by atoms with E-state index < -0.39 is 17.5 Å². The number of amides is 2. The van der Waals surface area contributed by atoms with Gasteiger partial charge in [0.05, 0.1) is 23.8 Å². The molecule has 3 aromatic rings. The van der Waals surface area contributed by atoms with Crippen LogP contribution < -0.4 is 15.4 Å². The Morgan fingerprint density at radius 1 is 1.03 bits per heavy atom.